The van der Waals surface area contributed by atoms with E-state index in [4.69, 9.17) is 0 Å². The van der Waals surface area contributed by atoms with Crippen LogP contribution in [0.15, 0.2) is 48.2 Å². The van der Waals surface area contributed by atoms with E-state index >= 15 is 0 Å². The van der Waals surface area contributed by atoms with Gasteiger partial charge in [-0.1, -0.05) is 29.5 Å². The van der Waals surface area contributed by atoms with Crippen molar-refractivity contribution in [2.45, 2.75) is 19.5 Å². The van der Waals surface area contributed by atoms with Gasteiger partial charge in [-0.15, -0.1) is 5.10 Å². The van der Waals surface area contributed by atoms with Gasteiger partial charge in [-0.25, -0.2) is 4.68 Å². The van der Waals surface area contributed by atoms with Gasteiger partial charge < -0.3 is 5.32 Å². The first-order chi connectivity index (χ1) is 8.43. The fraction of sp³-hybridized carbons (Fsp3) is 0.231. The van der Waals surface area contributed by atoms with Crippen molar-refractivity contribution in [2.24, 2.45) is 0 Å². The summed E-state index contributed by atoms with van der Waals surface area (Å²) in [6, 6.07) is 7.99. The number of benzene rings is 1. The van der Waals surface area contributed by atoms with Gasteiger partial charge >= 0.3 is 0 Å². The molecule has 1 aromatic heterocycles. The fourth-order valence-electron chi connectivity index (χ4n) is 1.96. The number of allylic oxidation sites excluding steroid dienone is 4. The quantitative estimate of drug-likeness (QED) is 0.872. The molecule has 2 aromatic rings. The lowest BCUT2D eigenvalue weighted by Gasteiger charge is -2.12. The third-order valence-corrected chi connectivity index (χ3v) is 2.89. The van der Waals surface area contributed by atoms with E-state index < -0.39 is 0 Å². The van der Waals surface area contributed by atoms with Crippen LogP contribution in [0, 0.1) is 0 Å². The molecule has 3 rings (SSSR count). The second-order valence-electron chi connectivity index (χ2n) is 4.07. The molecule has 17 heavy (non-hydrogen) atoms. The molecular formula is C13H14N4. The van der Waals surface area contributed by atoms with E-state index in [1.807, 2.05) is 28.9 Å². The van der Waals surface area contributed by atoms with Crippen molar-refractivity contribution in [3.8, 4) is 0 Å². The smallest absolute Gasteiger partial charge is 0.113 e. The standard InChI is InChI=1S/C13H14N4/c1-2-6-11(7-3-1)14-10-17-13-9-5-4-8-12(13)15-16-17/h1-2,4-6,8-9,14H,3,7,10H2. The zero-order valence-electron chi connectivity index (χ0n) is 9.50. The van der Waals surface area contributed by atoms with Gasteiger partial charge in [-0.3, -0.25) is 0 Å². The monoisotopic (exact) mass is 226 g/mol. The second-order valence-corrected chi connectivity index (χ2v) is 4.07. The highest BCUT2D eigenvalue weighted by molar-refractivity contribution is 5.73. The normalized spacial score (nSPS) is 14.9. The van der Waals surface area contributed by atoms with Crippen LogP contribution in [0.4, 0.5) is 0 Å². The average Bonchev–Trinajstić information content (AvgIpc) is 2.81. The van der Waals surface area contributed by atoms with Gasteiger partial charge in [0.25, 0.3) is 0 Å². The lowest BCUT2D eigenvalue weighted by molar-refractivity contribution is 0.543. The molecule has 0 aliphatic heterocycles. The maximum Gasteiger partial charge on any atom is 0.113 e. The summed E-state index contributed by atoms with van der Waals surface area (Å²) in [7, 11) is 0. The second kappa shape index (κ2) is 4.41. The number of hydrogen-bond donors (Lipinski definition) is 1. The summed E-state index contributed by atoms with van der Waals surface area (Å²) in [6.07, 6.45) is 8.56. The predicted molar refractivity (Wildman–Crippen MR) is 67.1 cm³/mol. The Kier molecular flexibility index (Phi) is 2.62. The van der Waals surface area contributed by atoms with Gasteiger partial charge in [0.05, 0.1) is 5.52 Å². The Morgan fingerprint density at radius 3 is 3.12 bits per heavy atom. The molecule has 0 saturated carbocycles. The van der Waals surface area contributed by atoms with Crippen molar-refractivity contribution in [3.05, 3.63) is 48.2 Å². The summed E-state index contributed by atoms with van der Waals surface area (Å²) in [5.41, 5.74) is 3.26. The molecule has 0 spiro atoms. The van der Waals surface area contributed by atoms with Crippen LogP contribution in [-0.2, 0) is 6.67 Å². The molecule has 1 N–H and O–H groups in total. The Labute approximate surface area is 99.6 Å². The Balaban J connectivity index is 1.77. The third kappa shape index (κ3) is 2.06. The summed E-state index contributed by atoms with van der Waals surface area (Å²) >= 11 is 0. The molecule has 0 radical (unpaired) electrons. The highest BCUT2D eigenvalue weighted by Gasteiger charge is 2.03. The van der Waals surface area contributed by atoms with Gasteiger partial charge in [-0.05, 0) is 31.1 Å². The van der Waals surface area contributed by atoms with E-state index in [0.29, 0.717) is 6.67 Å². The van der Waals surface area contributed by atoms with Crippen LogP contribution in [-0.4, -0.2) is 15.0 Å². The van der Waals surface area contributed by atoms with Crippen molar-refractivity contribution in [2.75, 3.05) is 0 Å². The molecule has 4 heteroatoms. The minimum absolute atomic E-state index is 0.667. The summed E-state index contributed by atoms with van der Waals surface area (Å²) in [5, 5.41) is 11.6. The van der Waals surface area contributed by atoms with Crippen LogP contribution < -0.4 is 5.32 Å². The van der Waals surface area contributed by atoms with Crippen molar-refractivity contribution in [1.29, 1.82) is 0 Å². The van der Waals surface area contributed by atoms with Crippen LogP contribution in [0.5, 0.6) is 0 Å². The summed E-state index contributed by atoms with van der Waals surface area (Å²) in [4.78, 5) is 0. The predicted octanol–water partition coefficient (Wildman–Crippen LogP) is 2.21. The zero-order valence-corrected chi connectivity index (χ0v) is 9.50. The van der Waals surface area contributed by atoms with Gasteiger partial charge in [0.15, 0.2) is 0 Å². The number of para-hydroxylation sites is 1. The molecule has 1 heterocycles. The summed E-state index contributed by atoms with van der Waals surface area (Å²) < 4.78 is 1.88. The largest absolute Gasteiger partial charge is 0.370 e. The number of nitrogens with one attached hydrogen (secondary N) is 1. The molecule has 0 atom stereocenters. The molecule has 0 saturated heterocycles. The van der Waals surface area contributed by atoms with Crippen molar-refractivity contribution in [1.82, 2.24) is 20.3 Å². The highest BCUT2D eigenvalue weighted by atomic mass is 15.4. The lowest BCUT2D eigenvalue weighted by Crippen LogP contribution is -2.19. The molecule has 86 valence electrons. The maximum absolute atomic E-state index is 4.14. The van der Waals surface area contributed by atoms with E-state index in [1.165, 1.54) is 5.70 Å². The maximum atomic E-state index is 4.14. The molecule has 1 aromatic carbocycles. The van der Waals surface area contributed by atoms with Gasteiger partial charge in [0.2, 0.25) is 0 Å². The van der Waals surface area contributed by atoms with Gasteiger partial charge in [0.1, 0.15) is 12.2 Å². The number of hydrogen-bond acceptors (Lipinski definition) is 3. The highest BCUT2D eigenvalue weighted by Crippen LogP contribution is 2.11. The molecule has 1 aliphatic rings. The molecule has 0 fully saturated rings. The SMILES string of the molecule is C1=CCCC(NCn2nnc3ccccc32)=C1. The molecule has 1 aliphatic carbocycles. The van der Waals surface area contributed by atoms with E-state index in [-0.39, 0.29) is 0 Å². The van der Waals surface area contributed by atoms with Crippen LogP contribution in [0.2, 0.25) is 0 Å². The molecule has 4 nitrogen and oxygen atoms in total. The van der Waals surface area contributed by atoms with E-state index in [1.54, 1.807) is 0 Å². The van der Waals surface area contributed by atoms with Gasteiger partial charge in [-0.2, -0.15) is 0 Å². The van der Waals surface area contributed by atoms with E-state index in [9.17, 15) is 0 Å². The first kappa shape index (κ1) is 10.1. The number of aromatic nitrogens is 3. The number of rotatable bonds is 3. The zero-order chi connectivity index (χ0) is 11.5. The first-order valence-electron chi connectivity index (χ1n) is 5.81. The fourth-order valence-corrected chi connectivity index (χ4v) is 1.96. The molecule has 0 unspecified atom stereocenters. The van der Waals surface area contributed by atoms with Crippen molar-refractivity contribution < 1.29 is 0 Å². The number of fused-ring (bicyclic) bond motifs is 1. The van der Waals surface area contributed by atoms with E-state index in [2.05, 4.69) is 33.9 Å². The third-order valence-electron chi connectivity index (χ3n) is 2.89. The molecule has 0 amide bonds. The average molecular weight is 226 g/mol. The summed E-state index contributed by atoms with van der Waals surface area (Å²) in [5.74, 6) is 0. The minimum atomic E-state index is 0.667. The Morgan fingerprint density at radius 1 is 1.29 bits per heavy atom. The molecule has 0 bridgehead atoms. The minimum Gasteiger partial charge on any atom is -0.370 e. The Morgan fingerprint density at radius 2 is 2.24 bits per heavy atom. The molecular weight excluding hydrogens is 212 g/mol. The summed E-state index contributed by atoms with van der Waals surface area (Å²) in [6.45, 7) is 0.667. The van der Waals surface area contributed by atoms with Crippen LogP contribution in [0.3, 0.4) is 0 Å². The van der Waals surface area contributed by atoms with Crippen LogP contribution in [0.25, 0.3) is 11.0 Å². The Hall–Kier alpha value is -2.10. The number of nitrogens with zero attached hydrogens (tertiary/aromatic N) is 3. The van der Waals surface area contributed by atoms with Crippen molar-refractivity contribution in [3.63, 3.8) is 0 Å². The van der Waals surface area contributed by atoms with Crippen LogP contribution >= 0.6 is 0 Å². The lowest BCUT2D eigenvalue weighted by atomic mass is 10.1. The first-order valence-corrected chi connectivity index (χ1v) is 5.81. The van der Waals surface area contributed by atoms with E-state index in [0.717, 1.165) is 23.9 Å². The van der Waals surface area contributed by atoms with Gasteiger partial charge in [0, 0.05) is 5.70 Å². The Bertz CT molecular complexity index is 580. The topological polar surface area (TPSA) is 42.7 Å². The van der Waals surface area contributed by atoms with Crippen molar-refractivity contribution >= 4 is 11.0 Å². The van der Waals surface area contributed by atoms with Crippen LogP contribution in [0.1, 0.15) is 12.8 Å².